The Morgan fingerprint density at radius 2 is 1.72 bits per heavy atom. The van der Waals surface area contributed by atoms with Crippen LogP contribution in [0, 0.1) is 5.41 Å². The summed E-state index contributed by atoms with van der Waals surface area (Å²) >= 11 is 0. The summed E-state index contributed by atoms with van der Waals surface area (Å²) in [5, 5.41) is 0. The van der Waals surface area contributed by atoms with Crippen molar-refractivity contribution < 1.29 is 0 Å². The van der Waals surface area contributed by atoms with Crippen LogP contribution in [0.5, 0.6) is 0 Å². The van der Waals surface area contributed by atoms with Gasteiger partial charge in [0, 0.05) is 17.6 Å². The smallest absolute Gasteiger partial charge is 0.0334 e. The average molecular weight is 254 g/mol. The zero-order chi connectivity index (χ0) is 14.0. The minimum Gasteiger partial charge on any atom is -0.329 e. The molecule has 2 nitrogen and oxygen atoms in total. The molecule has 0 spiro atoms. The minimum atomic E-state index is 0.216. The second kappa shape index (κ2) is 5.50. The predicted octanol–water partition coefficient (Wildman–Crippen LogP) is 3.79. The summed E-state index contributed by atoms with van der Waals surface area (Å²) in [4.78, 5) is 2.58. The van der Waals surface area contributed by atoms with E-state index in [0.29, 0.717) is 5.41 Å². The monoisotopic (exact) mass is 254 g/mol. The lowest BCUT2D eigenvalue weighted by molar-refractivity contribution is 0.0113. The Morgan fingerprint density at radius 1 is 1.11 bits per heavy atom. The summed E-state index contributed by atoms with van der Waals surface area (Å²) < 4.78 is 0. The highest BCUT2D eigenvalue weighted by molar-refractivity contribution is 4.99. The van der Waals surface area contributed by atoms with Crippen LogP contribution in [0.15, 0.2) is 0 Å². The molecule has 1 rings (SSSR count). The van der Waals surface area contributed by atoms with Crippen molar-refractivity contribution in [3.8, 4) is 0 Å². The van der Waals surface area contributed by atoms with Crippen molar-refractivity contribution in [2.45, 2.75) is 84.2 Å². The average Bonchev–Trinajstić information content (AvgIpc) is 2.47. The van der Waals surface area contributed by atoms with Crippen molar-refractivity contribution in [2.75, 3.05) is 13.6 Å². The van der Waals surface area contributed by atoms with Crippen LogP contribution >= 0.6 is 0 Å². The number of rotatable bonds is 4. The number of nitrogens with zero attached hydrogens (tertiary/aromatic N) is 1. The van der Waals surface area contributed by atoms with Gasteiger partial charge in [-0.2, -0.15) is 0 Å². The highest BCUT2D eigenvalue weighted by Gasteiger charge is 2.42. The Balaban J connectivity index is 2.92. The second-order valence-electron chi connectivity index (χ2n) is 7.67. The molecule has 0 aromatic heterocycles. The first-order valence-corrected chi connectivity index (χ1v) is 7.63. The summed E-state index contributed by atoms with van der Waals surface area (Å²) in [7, 11) is 2.29. The maximum absolute atomic E-state index is 6.21. The molecule has 1 aliphatic carbocycles. The molecule has 108 valence electrons. The molecule has 1 fully saturated rings. The number of hydrogen-bond donors (Lipinski definition) is 1. The standard InChI is InChI=1S/C16H34N2/c1-7-15(4,5)18(6)16(13-17)10-8-9-14(2,3)11-12-16/h7-13,17H2,1-6H3. The van der Waals surface area contributed by atoms with Gasteiger partial charge < -0.3 is 5.73 Å². The van der Waals surface area contributed by atoms with Crippen LogP contribution in [0.2, 0.25) is 0 Å². The van der Waals surface area contributed by atoms with Gasteiger partial charge in [-0.1, -0.05) is 27.2 Å². The fourth-order valence-electron chi connectivity index (χ4n) is 3.27. The molecule has 0 aromatic carbocycles. The quantitative estimate of drug-likeness (QED) is 0.773. The highest BCUT2D eigenvalue weighted by atomic mass is 15.2. The first-order valence-electron chi connectivity index (χ1n) is 7.63. The summed E-state index contributed by atoms with van der Waals surface area (Å²) in [5.41, 5.74) is 7.16. The van der Waals surface area contributed by atoms with Crippen LogP contribution in [-0.4, -0.2) is 29.6 Å². The third-order valence-electron chi connectivity index (χ3n) is 5.63. The van der Waals surface area contributed by atoms with Gasteiger partial charge in [-0.05, 0) is 58.4 Å². The van der Waals surface area contributed by atoms with Crippen LogP contribution in [0.1, 0.15) is 73.1 Å². The van der Waals surface area contributed by atoms with E-state index in [1.165, 1.54) is 38.5 Å². The van der Waals surface area contributed by atoms with Crippen molar-refractivity contribution in [3.05, 3.63) is 0 Å². The molecule has 0 heterocycles. The molecule has 0 saturated heterocycles. The van der Waals surface area contributed by atoms with Crippen LogP contribution in [0.4, 0.5) is 0 Å². The van der Waals surface area contributed by atoms with E-state index in [2.05, 4.69) is 46.6 Å². The molecule has 0 aliphatic heterocycles. The first-order chi connectivity index (χ1) is 8.19. The third-order valence-corrected chi connectivity index (χ3v) is 5.63. The summed E-state index contributed by atoms with van der Waals surface area (Å²) in [5.74, 6) is 0. The second-order valence-corrected chi connectivity index (χ2v) is 7.67. The van der Waals surface area contributed by atoms with Gasteiger partial charge in [-0.3, -0.25) is 4.90 Å². The largest absolute Gasteiger partial charge is 0.329 e. The van der Waals surface area contributed by atoms with Crippen molar-refractivity contribution in [3.63, 3.8) is 0 Å². The van der Waals surface area contributed by atoms with Crippen molar-refractivity contribution in [1.82, 2.24) is 4.90 Å². The molecule has 1 aliphatic rings. The normalized spacial score (nSPS) is 29.3. The Bertz CT molecular complexity index is 270. The molecule has 2 N–H and O–H groups in total. The van der Waals surface area contributed by atoms with E-state index >= 15 is 0 Å². The molecular weight excluding hydrogens is 220 g/mol. The van der Waals surface area contributed by atoms with Crippen molar-refractivity contribution in [1.29, 1.82) is 0 Å². The molecule has 1 unspecified atom stereocenters. The fourth-order valence-corrected chi connectivity index (χ4v) is 3.27. The number of nitrogens with two attached hydrogens (primary N) is 1. The van der Waals surface area contributed by atoms with Gasteiger partial charge in [0.05, 0.1) is 0 Å². The lowest BCUT2D eigenvalue weighted by atomic mass is 9.81. The highest BCUT2D eigenvalue weighted by Crippen LogP contribution is 2.42. The molecule has 0 aromatic rings. The molecule has 1 atom stereocenters. The molecule has 0 bridgehead atoms. The Hall–Kier alpha value is -0.0800. The Labute approximate surface area is 114 Å². The van der Waals surface area contributed by atoms with Gasteiger partial charge in [0.1, 0.15) is 0 Å². The maximum atomic E-state index is 6.21. The minimum absolute atomic E-state index is 0.216. The van der Waals surface area contributed by atoms with Gasteiger partial charge in [0.2, 0.25) is 0 Å². The zero-order valence-corrected chi connectivity index (χ0v) is 13.5. The van der Waals surface area contributed by atoms with Crippen molar-refractivity contribution in [2.24, 2.45) is 11.1 Å². The van der Waals surface area contributed by atoms with Gasteiger partial charge in [0.25, 0.3) is 0 Å². The van der Waals surface area contributed by atoms with E-state index in [9.17, 15) is 0 Å². The fraction of sp³-hybridized carbons (Fsp3) is 1.00. The summed E-state index contributed by atoms with van der Waals surface area (Å²) in [6, 6.07) is 0. The number of likely N-dealkylation sites (N-methyl/N-ethyl adjacent to an activating group) is 1. The molecule has 0 amide bonds. The molecule has 18 heavy (non-hydrogen) atoms. The Morgan fingerprint density at radius 3 is 2.22 bits per heavy atom. The van der Waals surface area contributed by atoms with E-state index in [1.807, 2.05) is 0 Å². The van der Waals surface area contributed by atoms with Crippen LogP contribution in [0.25, 0.3) is 0 Å². The summed E-state index contributed by atoms with van der Waals surface area (Å²) in [6.45, 7) is 12.6. The van der Waals surface area contributed by atoms with Gasteiger partial charge in [-0.25, -0.2) is 0 Å². The van der Waals surface area contributed by atoms with Crippen LogP contribution < -0.4 is 5.73 Å². The first kappa shape index (κ1) is 16.0. The molecule has 1 saturated carbocycles. The predicted molar refractivity (Wildman–Crippen MR) is 80.8 cm³/mol. The summed E-state index contributed by atoms with van der Waals surface area (Å²) in [6.07, 6.45) is 7.63. The van der Waals surface area contributed by atoms with E-state index in [-0.39, 0.29) is 11.1 Å². The van der Waals surface area contributed by atoms with E-state index < -0.39 is 0 Å². The van der Waals surface area contributed by atoms with E-state index in [0.717, 1.165) is 6.54 Å². The zero-order valence-electron chi connectivity index (χ0n) is 13.5. The molecule has 0 radical (unpaired) electrons. The van der Waals surface area contributed by atoms with Gasteiger partial charge in [-0.15, -0.1) is 0 Å². The van der Waals surface area contributed by atoms with Crippen molar-refractivity contribution >= 4 is 0 Å². The Kier molecular flexibility index (Phi) is 4.88. The van der Waals surface area contributed by atoms with E-state index in [1.54, 1.807) is 0 Å². The molecule has 2 heteroatoms. The van der Waals surface area contributed by atoms with E-state index in [4.69, 9.17) is 5.73 Å². The topological polar surface area (TPSA) is 29.3 Å². The third kappa shape index (κ3) is 3.27. The molecular formula is C16H34N2. The van der Waals surface area contributed by atoms with Gasteiger partial charge >= 0.3 is 0 Å². The van der Waals surface area contributed by atoms with Gasteiger partial charge in [0.15, 0.2) is 0 Å². The lowest BCUT2D eigenvalue weighted by Crippen LogP contribution is -2.59. The van der Waals surface area contributed by atoms with Crippen LogP contribution in [0.3, 0.4) is 0 Å². The van der Waals surface area contributed by atoms with Crippen LogP contribution in [-0.2, 0) is 0 Å². The SMILES string of the molecule is CCC(C)(C)N(C)C1(CN)CCCC(C)(C)CC1. The maximum Gasteiger partial charge on any atom is 0.0334 e. The lowest BCUT2D eigenvalue weighted by Gasteiger charge is -2.49. The number of hydrogen-bond acceptors (Lipinski definition) is 2.